The van der Waals surface area contributed by atoms with Crippen molar-refractivity contribution in [2.45, 2.75) is 53.5 Å². The van der Waals surface area contributed by atoms with E-state index in [4.69, 9.17) is 14.2 Å². The highest BCUT2D eigenvalue weighted by molar-refractivity contribution is 5.95. The monoisotopic (exact) mass is 496 g/mol. The van der Waals surface area contributed by atoms with Gasteiger partial charge in [0, 0.05) is 25.2 Å². The number of hydrogen-bond acceptors (Lipinski definition) is 5. The molecule has 1 aliphatic heterocycles. The fourth-order valence-corrected chi connectivity index (χ4v) is 4.13. The van der Waals surface area contributed by atoms with Gasteiger partial charge in [0.15, 0.2) is 11.5 Å². The van der Waals surface area contributed by atoms with E-state index in [-0.39, 0.29) is 5.91 Å². The predicted octanol–water partition coefficient (Wildman–Crippen LogP) is 6.16. The Hall–Kier alpha value is -2.99. The van der Waals surface area contributed by atoms with Crippen LogP contribution in [0.3, 0.4) is 0 Å². The van der Waals surface area contributed by atoms with E-state index in [0.29, 0.717) is 49.2 Å². The van der Waals surface area contributed by atoms with E-state index in [0.717, 1.165) is 17.2 Å². The molecule has 1 aliphatic rings. The van der Waals surface area contributed by atoms with E-state index in [1.165, 1.54) is 19.4 Å². The summed E-state index contributed by atoms with van der Waals surface area (Å²) in [4.78, 5) is 17.2. The first kappa shape index (κ1) is 29.2. The van der Waals surface area contributed by atoms with Crippen LogP contribution in [0.2, 0.25) is 0 Å². The van der Waals surface area contributed by atoms with Gasteiger partial charge in [0.05, 0.1) is 19.8 Å². The minimum atomic E-state index is -0.101. The Balaban J connectivity index is 0.000000558. The van der Waals surface area contributed by atoms with Gasteiger partial charge >= 0.3 is 0 Å². The Morgan fingerprint density at radius 1 is 1.03 bits per heavy atom. The van der Waals surface area contributed by atoms with Gasteiger partial charge < -0.3 is 24.0 Å². The molecule has 6 nitrogen and oxygen atoms in total. The van der Waals surface area contributed by atoms with Crippen molar-refractivity contribution in [2.24, 2.45) is 0 Å². The molecule has 6 heteroatoms. The lowest BCUT2D eigenvalue weighted by Crippen LogP contribution is -2.28. The third-order valence-corrected chi connectivity index (χ3v) is 6.09. The molecular weight excluding hydrogens is 452 g/mol. The Morgan fingerprint density at radius 3 is 2.06 bits per heavy atom. The van der Waals surface area contributed by atoms with Gasteiger partial charge in [0.2, 0.25) is 5.75 Å². The molecule has 1 unspecified atom stereocenters. The van der Waals surface area contributed by atoms with Crippen LogP contribution in [0.15, 0.2) is 48.0 Å². The Kier molecular flexibility index (Phi) is 12.3. The number of carbonyl (C=O) groups excluding carboxylic acids is 1. The third-order valence-electron chi connectivity index (χ3n) is 6.09. The molecule has 2 aromatic rings. The summed E-state index contributed by atoms with van der Waals surface area (Å²) in [5.41, 5.74) is 2.72. The second kappa shape index (κ2) is 15.2. The van der Waals surface area contributed by atoms with Gasteiger partial charge in [0.1, 0.15) is 0 Å². The molecule has 0 spiro atoms. The van der Waals surface area contributed by atoms with Crippen LogP contribution < -0.4 is 14.2 Å². The van der Waals surface area contributed by atoms with Gasteiger partial charge in [-0.3, -0.25) is 4.79 Å². The van der Waals surface area contributed by atoms with Crippen LogP contribution in [0.1, 0.15) is 63.4 Å². The molecule has 0 radical (unpaired) electrons. The summed E-state index contributed by atoms with van der Waals surface area (Å²) in [6.07, 6.45) is 4.88. The van der Waals surface area contributed by atoms with Crippen molar-refractivity contribution < 1.29 is 19.0 Å². The first-order valence-corrected chi connectivity index (χ1v) is 13.0. The highest BCUT2D eigenvalue weighted by Gasteiger charge is 2.20. The number of hydrogen-bond donors (Lipinski definition) is 0. The Labute approximate surface area is 217 Å². The van der Waals surface area contributed by atoms with E-state index in [2.05, 4.69) is 24.9 Å². The summed E-state index contributed by atoms with van der Waals surface area (Å²) in [7, 11) is 3.99. The molecular formula is C30H44N2O4. The van der Waals surface area contributed by atoms with Crippen LogP contribution in [-0.4, -0.2) is 68.8 Å². The van der Waals surface area contributed by atoms with Crippen LogP contribution in [-0.2, 0) is 0 Å². The van der Waals surface area contributed by atoms with E-state index in [1.807, 2.05) is 58.0 Å². The van der Waals surface area contributed by atoms with Crippen molar-refractivity contribution in [1.82, 2.24) is 9.80 Å². The number of likely N-dealkylation sites (N-methyl/N-ethyl adjacent to an activating group) is 1. The van der Waals surface area contributed by atoms with Crippen molar-refractivity contribution in [3.05, 3.63) is 59.2 Å². The predicted molar refractivity (Wildman–Crippen MR) is 148 cm³/mol. The molecule has 0 N–H and O–H groups in total. The Bertz CT molecular complexity index is 939. The van der Waals surface area contributed by atoms with Crippen LogP contribution in [0, 0.1) is 0 Å². The van der Waals surface area contributed by atoms with Crippen LogP contribution >= 0.6 is 0 Å². The molecule has 1 saturated heterocycles. The highest BCUT2D eigenvalue weighted by Crippen LogP contribution is 2.39. The van der Waals surface area contributed by atoms with E-state index >= 15 is 0 Å². The lowest BCUT2D eigenvalue weighted by Gasteiger charge is -2.21. The number of benzene rings is 2. The van der Waals surface area contributed by atoms with Gasteiger partial charge in [-0.05, 0) is 78.7 Å². The minimum absolute atomic E-state index is 0.101. The number of likely N-dealkylation sites (tertiary alicyclic amines) is 1. The molecule has 198 valence electrons. The quantitative estimate of drug-likeness (QED) is 0.394. The standard InChI is InChI=1S/C24H31NO4.C6H13N/c1-6-27-21-15-20(16-22(28-7-2)23(21)29-8-3)24(26)25(5)17-18(4)14-19-12-10-9-11-13-19;1-6-4-3-5-7(6)2/h9-16H,6-8,17H2,1-5H3;6H,3-5H2,1-2H3/b18-14+;. The second-order valence-electron chi connectivity index (χ2n) is 9.14. The van der Waals surface area contributed by atoms with Crippen molar-refractivity contribution in [2.75, 3.05) is 47.0 Å². The van der Waals surface area contributed by atoms with Crippen molar-refractivity contribution in [3.8, 4) is 17.2 Å². The van der Waals surface area contributed by atoms with Gasteiger partial charge in [-0.15, -0.1) is 0 Å². The summed E-state index contributed by atoms with van der Waals surface area (Å²) in [5, 5.41) is 0. The van der Waals surface area contributed by atoms with Gasteiger partial charge in [-0.2, -0.15) is 0 Å². The normalized spacial score (nSPS) is 15.6. The van der Waals surface area contributed by atoms with Gasteiger partial charge in [-0.1, -0.05) is 42.0 Å². The molecule has 1 amide bonds. The van der Waals surface area contributed by atoms with Gasteiger partial charge in [0.25, 0.3) is 5.91 Å². The van der Waals surface area contributed by atoms with Crippen molar-refractivity contribution in [3.63, 3.8) is 0 Å². The molecule has 3 rings (SSSR count). The Morgan fingerprint density at radius 2 is 1.61 bits per heavy atom. The maximum absolute atomic E-state index is 13.1. The molecule has 0 aromatic heterocycles. The van der Waals surface area contributed by atoms with Crippen molar-refractivity contribution >= 4 is 12.0 Å². The average Bonchev–Trinajstić information content (AvgIpc) is 3.23. The zero-order valence-corrected chi connectivity index (χ0v) is 23.2. The summed E-state index contributed by atoms with van der Waals surface area (Å²) in [6, 6.07) is 14.4. The average molecular weight is 497 g/mol. The molecule has 0 aliphatic carbocycles. The van der Waals surface area contributed by atoms with Crippen LogP contribution in [0.25, 0.3) is 6.08 Å². The smallest absolute Gasteiger partial charge is 0.254 e. The van der Waals surface area contributed by atoms with Crippen LogP contribution in [0.5, 0.6) is 17.2 Å². The number of nitrogens with zero attached hydrogens (tertiary/aromatic N) is 2. The third kappa shape index (κ3) is 8.90. The topological polar surface area (TPSA) is 51.2 Å². The zero-order chi connectivity index (χ0) is 26.5. The summed E-state index contributed by atoms with van der Waals surface area (Å²) < 4.78 is 17.2. The lowest BCUT2D eigenvalue weighted by atomic mass is 10.1. The number of amides is 1. The SMILES string of the molecule is CC1CCCN1C.CCOc1cc(C(=O)N(C)C/C(C)=C/c2ccccc2)cc(OCC)c1OCC. The second-order valence-corrected chi connectivity index (χ2v) is 9.14. The molecule has 0 bridgehead atoms. The van der Waals surface area contributed by atoms with E-state index in [9.17, 15) is 4.79 Å². The molecule has 2 aromatic carbocycles. The first-order chi connectivity index (χ1) is 17.3. The minimum Gasteiger partial charge on any atom is -0.490 e. The van der Waals surface area contributed by atoms with E-state index in [1.54, 1.807) is 24.1 Å². The first-order valence-electron chi connectivity index (χ1n) is 13.0. The van der Waals surface area contributed by atoms with Crippen molar-refractivity contribution in [1.29, 1.82) is 0 Å². The maximum Gasteiger partial charge on any atom is 0.254 e. The maximum atomic E-state index is 13.1. The lowest BCUT2D eigenvalue weighted by molar-refractivity contribution is 0.0806. The molecule has 1 heterocycles. The molecule has 1 fully saturated rings. The fourth-order valence-electron chi connectivity index (χ4n) is 4.13. The molecule has 0 saturated carbocycles. The van der Waals surface area contributed by atoms with Gasteiger partial charge in [-0.25, -0.2) is 0 Å². The van der Waals surface area contributed by atoms with E-state index < -0.39 is 0 Å². The number of carbonyl (C=O) groups is 1. The summed E-state index contributed by atoms with van der Waals surface area (Å²) in [6.45, 7) is 13.3. The number of ether oxygens (including phenoxy) is 3. The number of rotatable bonds is 10. The fraction of sp³-hybridized carbons (Fsp3) is 0.500. The molecule has 36 heavy (non-hydrogen) atoms. The van der Waals surface area contributed by atoms with Crippen LogP contribution in [0.4, 0.5) is 0 Å². The zero-order valence-electron chi connectivity index (χ0n) is 23.2. The molecule has 1 atom stereocenters. The highest BCUT2D eigenvalue weighted by atomic mass is 16.5. The summed E-state index contributed by atoms with van der Waals surface area (Å²) >= 11 is 0. The largest absolute Gasteiger partial charge is 0.490 e. The summed E-state index contributed by atoms with van der Waals surface area (Å²) in [5.74, 6) is 1.48.